The summed E-state index contributed by atoms with van der Waals surface area (Å²) in [6, 6.07) is 5.21. The zero-order chi connectivity index (χ0) is 15.2. The second-order valence-electron chi connectivity index (χ2n) is 5.01. The molecule has 0 aliphatic carbocycles. The number of nitrogens with one attached hydrogen (secondary N) is 2. The van der Waals surface area contributed by atoms with Gasteiger partial charge in [-0.15, -0.1) is 0 Å². The predicted molar refractivity (Wildman–Crippen MR) is 80.4 cm³/mol. The van der Waals surface area contributed by atoms with Gasteiger partial charge in [-0.2, -0.15) is 0 Å². The Morgan fingerprint density at radius 3 is 2.55 bits per heavy atom. The first kappa shape index (κ1) is 16.9. The highest BCUT2D eigenvalue weighted by atomic mass is 32.2. The topological polar surface area (TPSA) is 67.4 Å². The molecule has 0 heterocycles. The lowest BCUT2D eigenvalue weighted by atomic mass is 10.2. The summed E-state index contributed by atoms with van der Waals surface area (Å²) in [6.07, 6.45) is 0. The molecule has 0 aliphatic rings. The van der Waals surface area contributed by atoms with E-state index in [9.17, 15) is 8.42 Å². The Hall–Kier alpha value is -1.11. The van der Waals surface area contributed by atoms with Crippen molar-refractivity contribution in [3.8, 4) is 5.75 Å². The van der Waals surface area contributed by atoms with E-state index in [2.05, 4.69) is 10.0 Å². The highest BCUT2D eigenvalue weighted by molar-refractivity contribution is 7.89. The lowest BCUT2D eigenvalue weighted by Gasteiger charge is -2.13. The number of hydrogen-bond donors (Lipinski definition) is 2. The van der Waals surface area contributed by atoms with Crippen molar-refractivity contribution in [2.45, 2.75) is 32.2 Å². The summed E-state index contributed by atoms with van der Waals surface area (Å²) >= 11 is 0. The zero-order valence-corrected chi connectivity index (χ0v) is 13.4. The standard InChI is InChI=1S/C14H24N2O3S/c1-5-15-10-12-6-7-13(19-4)14(8-12)20(17,18)16-9-11(2)3/h6-8,11,15-16H,5,9-10H2,1-4H3. The van der Waals surface area contributed by atoms with Crippen LogP contribution in [0, 0.1) is 5.92 Å². The van der Waals surface area contributed by atoms with E-state index in [4.69, 9.17) is 4.74 Å². The summed E-state index contributed by atoms with van der Waals surface area (Å²) in [4.78, 5) is 0.191. The summed E-state index contributed by atoms with van der Waals surface area (Å²) in [6.45, 7) is 7.80. The largest absolute Gasteiger partial charge is 0.495 e. The van der Waals surface area contributed by atoms with Crippen LogP contribution in [-0.2, 0) is 16.6 Å². The number of hydrogen-bond acceptors (Lipinski definition) is 4. The fraction of sp³-hybridized carbons (Fsp3) is 0.571. The molecule has 0 saturated carbocycles. The van der Waals surface area contributed by atoms with Crippen molar-refractivity contribution in [2.75, 3.05) is 20.2 Å². The van der Waals surface area contributed by atoms with Crippen LogP contribution < -0.4 is 14.8 Å². The van der Waals surface area contributed by atoms with Crippen molar-refractivity contribution in [3.05, 3.63) is 23.8 Å². The van der Waals surface area contributed by atoms with Gasteiger partial charge in [-0.3, -0.25) is 0 Å². The second-order valence-corrected chi connectivity index (χ2v) is 6.75. The zero-order valence-electron chi connectivity index (χ0n) is 12.6. The SMILES string of the molecule is CCNCc1ccc(OC)c(S(=O)(=O)NCC(C)C)c1. The van der Waals surface area contributed by atoms with Gasteiger partial charge in [0.05, 0.1) is 7.11 Å². The minimum Gasteiger partial charge on any atom is -0.495 e. The monoisotopic (exact) mass is 300 g/mol. The minimum absolute atomic E-state index is 0.191. The molecular weight excluding hydrogens is 276 g/mol. The fourth-order valence-electron chi connectivity index (χ4n) is 1.66. The lowest BCUT2D eigenvalue weighted by molar-refractivity contribution is 0.402. The second kappa shape index (κ2) is 7.61. The van der Waals surface area contributed by atoms with Crippen molar-refractivity contribution >= 4 is 10.0 Å². The van der Waals surface area contributed by atoms with E-state index >= 15 is 0 Å². The Balaban J connectivity index is 3.06. The Morgan fingerprint density at radius 1 is 1.30 bits per heavy atom. The van der Waals surface area contributed by atoms with Crippen LogP contribution in [0.3, 0.4) is 0 Å². The molecule has 0 spiro atoms. The van der Waals surface area contributed by atoms with Gasteiger partial charge in [0.2, 0.25) is 10.0 Å². The molecule has 0 aromatic heterocycles. The Kier molecular flexibility index (Phi) is 6.45. The molecular formula is C14H24N2O3S. The molecule has 0 unspecified atom stereocenters. The van der Waals surface area contributed by atoms with E-state index in [0.717, 1.165) is 12.1 Å². The Morgan fingerprint density at radius 2 is 2.00 bits per heavy atom. The molecule has 0 fully saturated rings. The third-order valence-corrected chi connectivity index (χ3v) is 4.22. The maximum Gasteiger partial charge on any atom is 0.244 e. The van der Waals surface area contributed by atoms with E-state index < -0.39 is 10.0 Å². The summed E-state index contributed by atoms with van der Waals surface area (Å²) < 4.78 is 32.4. The van der Waals surface area contributed by atoms with Crippen LogP contribution in [-0.4, -0.2) is 28.6 Å². The quantitative estimate of drug-likeness (QED) is 0.767. The summed E-state index contributed by atoms with van der Waals surface area (Å²) in [5, 5.41) is 3.17. The van der Waals surface area contributed by atoms with Gasteiger partial charge in [0, 0.05) is 13.1 Å². The predicted octanol–water partition coefficient (Wildman–Crippen LogP) is 1.74. The molecule has 0 radical (unpaired) electrons. The maximum absolute atomic E-state index is 12.3. The van der Waals surface area contributed by atoms with Gasteiger partial charge in [0.25, 0.3) is 0 Å². The van der Waals surface area contributed by atoms with Crippen molar-refractivity contribution in [1.82, 2.24) is 10.0 Å². The number of rotatable bonds is 8. The van der Waals surface area contributed by atoms with E-state index in [1.54, 1.807) is 12.1 Å². The third kappa shape index (κ3) is 4.77. The summed E-state index contributed by atoms with van der Waals surface area (Å²) in [7, 11) is -2.08. The van der Waals surface area contributed by atoms with E-state index in [0.29, 0.717) is 18.8 Å². The molecule has 2 N–H and O–H groups in total. The van der Waals surface area contributed by atoms with Crippen molar-refractivity contribution in [1.29, 1.82) is 0 Å². The first-order chi connectivity index (χ1) is 9.40. The van der Waals surface area contributed by atoms with Crippen LogP contribution in [0.25, 0.3) is 0 Å². The Labute approximate surface area is 121 Å². The van der Waals surface area contributed by atoms with Gasteiger partial charge in [0.15, 0.2) is 0 Å². The molecule has 0 aliphatic heterocycles. The normalized spacial score (nSPS) is 11.8. The number of methoxy groups -OCH3 is 1. The smallest absolute Gasteiger partial charge is 0.244 e. The van der Waals surface area contributed by atoms with Crippen molar-refractivity contribution < 1.29 is 13.2 Å². The Bertz CT molecular complexity index is 527. The average molecular weight is 300 g/mol. The molecule has 1 aromatic rings. The first-order valence-electron chi connectivity index (χ1n) is 6.78. The highest BCUT2D eigenvalue weighted by Gasteiger charge is 2.20. The van der Waals surface area contributed by atoms with Crippen LogP contribution in [0.2, 0.25) is 0 Å². The van der Waals surface area contributed by atoms with Gasteiger partial charge in [-0.05, 0) is 30.2 Å². The number of ether oxygens (including phenoxy) is 1. The molecule has 0 saturated heterocycles. The van der Waals surface area contributed by atoms with Crippen LogP contribution in [0.1, 0.15) is 26.3 Å². The van der Waals surface area contributed by atoms with E-state index in [1.165, 1.54) is 7.11 Å². The third-order valence-electron chi connectivity index (χ3n) is 2.78. The van der Waals surface area contributed by atoms with Gasteiger partial charge in [-0.25, -0.2) is 13.1 Å². The molecule has 1 aromatic carbocycles. The fourth-order valence-corrected chi connectivity index (χ4v) is 3.10. The molecule has 1 rings (SSSR count). The molecule has 5 nitrogen and oxygen atoms in total. The molecule has 0 amide bonds. The van der Waals surface area contributed by atoms with Crippen molar-refractivity contribution in [2.24, 2.45) is 5.92 Å². The summed E-state index contributed by atoms with van der Waals surface area (Å²) in [5.41, 5.74) is 0.914. The first-order valence-corrected chi connectivity index (χ1v) is 8.26. The molecule has 0 atom stereocenters. The molecule has 0 bridgehead atoms. The lowest BCUT2D eigenvalue weighted by Crippen LogP contribution is -2.28. The van der Waals surface area contributed by atoms with Crippen LogP contribution in [0.15, 0.2) is 23.1 Å². The van der Waals surface area contributed by atoms with Crippen LogP contribution in [0.4, 0.5) is 0 Å². The van der Waals surface area contributed by atoms with Crippen molar-refractivity contribution in [3.63, 3.8) is 0 Å². The molecule has 114 valence electrons. The number of benzene rings is 1. The van der Waals surface area contributed by atoms with E-state index in [-0.39, 0.29) is 10.8 Å². The minimum atomic E-state index is -3.55. The average Bonchev–Trinajstić information content (AvgIpc) is 2.42. The summed E-state index contributed by atoms with van der Waals surface area (Å²) in [5.74, 6) is 0.613. The van der Waals surface area contributed by atoms with Crippen LogP contribution >= 0.6 is 0 Å². The van der Waals surface area contributed by atoms with Gasteiger partial charge < -0.3 is 10.1 Å². The molecule has 6 heteroatoms. The highest BCUT2D eigenvalue weighted by Crippen LogP contribution is 2.24. The molecule has 20 heavy (non-hydrogen) atoms. The van der Waals surface area contributed by atoms with Crippen LogP contribution in [0.5, 0.6) is 5.75 Å². The van der Waals surface area contributed by atoms with Gasteiger partial charge in [-0.1, -0.05) is 26.8 Å². The number of sulfonamides is 1. The van der Waals surface area contributed by atoms with Gasteiger partial charge in [0.1, 0.15) is 10.6 Å². The van der Waals surface area contributed by atoms with Gasteiger partial charge >= 0.3 is 0 Å². The maximum atomic E-state index is 12.3. The van der Waals surface area contributed by atoms with E-state index in [1.807, 2.05) is 26.8 Å².